The van der Waals surface area contributed by atoms with Crippen LogP contribution >= 0.6 is 0 Å². The van der Waals surface area contributed by atoms with E-state index in [4.69, 9.17) is 15.0 Å². The molecule has 3 nitrogen and oxygen atoms in total. The Kier molecular flexibility index (Phi) is 8.20. The van der Waals surface area contributed by atoms with Crippen molar-refractivity contribution in [3.05, 3.63) is 200 Å². The van der Waals surface area contributed by atoms with Crippen LogP contribution in [-0.4, -0.2) is 15.0 Å². The Morgan fingerprint density at radius 1 is 0.192 bits per heavy atom. The molecule has 0 fully saturated rings. The van der Waals surface area contributed by atoms with Crippen LogP contribution in [0.3, 0.4) is 0 Å². The lowest BCUT2D eigenvalue weighted by atomic mass is 9.94. The summed E-state index contributed by atoms with van der Waals surface area (Å²) in [7, 11) is 0. The molecule has 0 aliphatic heterocycles. The number of rotatable bonds is 7. The second kappa shape index (κ2) is 13.7. The summed E-state index contributed by atoms with van der Waals surface area (Å²) in [4.78, 5) is 14.8. The van der Waals surface area contributed by atoms with Crippen LogP contribution in [0.25, 0.3) is 89.4 Å². The molecule has 52 heavy (non-hydrogen) atoms. The average Bonchev–Trinajstić information content (AvgIpc) is 3.24. The zero-order valence-corrected chi connectivity index (χ0v) is 28.4. The second-order valence-electron chi connectivity index (χ2n) is 12.9. The van der Waals surface area contributed by atoms with Gasteiger partial charge in [0.25, 0.3) is 0 Å². The Balaban J connectivity index is 1.04. The molecule has 3 heteroatoms. The molecule has 0 saturated carbocycles. The van der Waals surface area contributed by atoms with Gasteiger partial charge in [-0.15, -0.1) is 0 Å². The first-order valence-corrected chi connectivity index (χ1v) is 17.5. The Morgan fingerprint density at radius 2 is 0.500 bits per heavy atom. The molecule has 1 aromatic heterocycles. The number of benzene rings is 8. The molecule has 0 radical (unpaired) electrons. The zero-order valence-electron chi connectivity index (χ0n) is 28.4. The molecule has 9 rings (SSSR count). The third kappa shape index (κ3) is 6.39. The van der Waals surface area contributed by atoms with Crippen LogP contribution < -0.4 is 0 Å². The molecular formula is C49H33N3. The largest absolute Gasteiger partial charge is 0.208 e. The van der Waals surface area contributed by atoms with Gasteiger partial charge in [-0.2, -0.15) is 0 Å². The van der Waals surface area contributed by atoms with Gasteiger partial charge in [0.15, 0.2) is 17.5 Å². The minimum atomic E-state index is 0.643. The highest BCUT2D eigenvalue weighted by Gasteiger charge is 2.13. The fourth-order valence-corrected chi connectivity index (χ4v) is 6.78. The molecule has 0 spiro atoms. The maximum atomic E-state index is 4.95. The monoisotopic (exact) mass is 663 g/mol. The standard InChI is InChI=1S/C49H33N3/c1-3-14-35(15-4-1)47-50-48(36-16-5-2-6-17-36)52-49(51-47)46-26-12-25-44(33-46)42-23-10-21-40(31-42)38-19-9-20-39(30-38)41-22-11-24-43(32-41)45-28-27-34-13-7-8-18-37(34)29-45/h1-33H. The molecule has 0 saturated heterocycles. The van der Waals surface area contributed by atoms with Gasteiger partial charge in [0.2, 0.25) is 0 Å². The van der Waals surface area contributed by atoms with E-state index in [2.05, 4.69) is 140 Å². The number of aromatic nitrogens is 3. The third-order valence-corrected chi connectivity index (χ3v) is 9.49. The smallest absolute Gasteiger partial charge is 0.164 e. The maximum Gasteiger partial charge on any atom is 0.164 e. The fraction of sp³-hybridized carbons (Fsp3) is 0. The summed E-state index contributed by atoms with van der Waals surface area (Å²) in [5.41, 5.74) is 12.2. The van der Waals surface area contributed by atoms with Crippen molar-refractivity contribution in [3.8, 4) is 78.7 Å². The molecule has 0 unspecified atom stereocenters. The number of hydrogen-bond acceptors (Lipinski definition) is 3. The highest BCUT2D eigenvalue weighted by atomic mass is 15.0. The van der Waals surface area contributed by atoms with Crippen molar-refractivity contribution in [2.75, 3.05) is 0 Å². The maximum absolute atomic E-state index is 4.95. The van der Waals surface area contributed by atoms with E-state index in [0.717, 1.165) is 33.4 Å². The number of nitrogens with zero attached hydrogens (tertiary/aromatic N) is 3. The van der Waals surface area contributed by atoms with Crippen molar-refractivity contribution in [2.24, 2.45) is 0 Å². The van der Waals surface area contributed by atoms with Gasteiger partial charge >= 0.3 is 0 Å². The summed E-state index contributed by atoms with van der Waals surface area (Å²) in [5.74, 6) is 1.95. The van der Waals surface area contributed by atoms with Crippen LogP contribution in [0, 0.1) is 0 Å². The molecule has 0 N–H and O–H groups in total. The molecule has 0 atom stereocenters. The van der Waals surface area contributed by atoms with Crippen LogP contribution in [0.1, 0.15) is 0 Å². The summed E-state index contributed by atoms with van der Waals surface area (Å²) in [5, 5.41) is 2.50. The van der Waals surface area contributed by atoms with E-state index in [-0.39, 0.29) is 0 Å². The summed E-state index contributed by atoms with van der Waals surface area (Å²) >= 11 is 0. The summed E-state index contributed by atoms with van der Waals surface area (Å²) in [6, 6.07) is 70.2. The topological polar surface area (TPSA) is 38.7 Å². The van der Waals surface area contributed by atoms with E-state index in [0.29, 0.717) is 17.5 Å². The lowest BCUT2D eigenvalue weighted by molar-refractivity contribution is 1.07. The lowest BCUT2D eigenvalue weighted by Gasteiger charge is -2.11. The van der Waals surface area contributed by atoms with Crippen LogP contribution in [-0.2, 0) is 0 Å². The number of fused-ring (bicyclic) bond motifs is 1. The van der Waals surface area contributed by atoms with Gasteiger partial charge in [-0.25, -0.2) is 15.0 Å². The Labute approximate surface area is 303 Å². The van der Waals surface area contributed by atoms with Gasteiger partial charge in [-0.1, -0.05) is 170 Å². The quantitative estimate of drug-likeness (QED) is 0.170. The Morgan fingerprint density at radius 3 is 0.942 bits per heavy atom. The molecule has 1 heterocycles. The first-order chi connectivity index (χ1) is 25.7. The van der Waals surface area contributed by atoms with E-state index in [1.54, 1.807) is 0 Å². The minimum Gasteiger partial charge on any atom is -0.208 e. The van der Waals surface area contributed by atoms with Gasteiger partial charge in [0, 0.05) is 16.7 Å². The van der Waals surface area contributed by atoms with Gasteiger partial charge in [0.1, 0.15) is 0 Å². The minimum absolute atomic E-state index is 0.643. The molecule has 8 aromatic carbocycles. The SMILES string of the molecule is c1ccc(-c2nc(-c3ccccc3)nc(-c3cccc(-c4cccc(-c5cccc(-c6cccc(-c7ccc8ccccc8c7)c6)c5)c4)c3)n2)cc1. The van der Waals surface area contributed by atoms with Crippen LogP contribution in [0.15, 0.2) is 200 Å². The van der Waals surface area contributed by atoms with Gasteiger partial charge < -0.3 is 0 Å². The normalized spacial score (nSPS) is 11.1. The van der Waals surface area contributed by atoms with Gasteiger partial charge in [0.05, 0.1) is 0 Å². The second-order valence-corrected chi connectivity index (χ2v) is 12.9. The molecule has 9 aromatic rings. The number of hydrogen-bond donors (Lipinski definition) is 0. The van der Waals surface area contributed by atoms with E-state index in [1.165, 1.54) is 38.6 Å². The predicted molar refractivity (Wildman–Crippen MR) is 215 cm³/mol. The van der Waals surface area contributed by atoms with E-state index >= 15 is 0 Å². The fourth-order valence-electron chi connectivity index (χ4n) is 6.78. The summed E-state index contributed by atoms with van der Waals surface area (Å²) in [6.45, 7) is 0. The molecule has 0 bridgehead atoms. The van der Waals surface area contributed by atoms with Crippen molar-refractivity contribution >= 4 is 10.8 Å². The molecular weight excluding hydrogens is 631 g/mol. The summed E-state index contributed by atoms with van der Waals surface area (Å²) in [6.07, 6.45) is 0. The Hall–Kier alpha value is -6.97. The first-order valence-electron chi connectivity index (χ1n) is 17.5. The lowest BCUT2D eigenvalue weighted by Crippen LogP contribution is -2.00. The van der Waals surface area contributed by atoms with E-state index in [9.17, 15) is 0 Å². The van der Waals surface area contributed by atoms with Crippen LogP contribution in [0.5, 0.6) is 0 Å². The van der Waals surface area contributed by atoms with Crippen LogP contribution in [0.4, 0.5) is 0 Å². The molecule has 244 valence electrons. The van der Waals surface area contributed by atoms with Crippen molar-refractivity contribution in [3.63, 3.8) is 0 Å². The van der Waals surface area contributed by atoms with E-state index in [1.807, 2.05) is 60.7 Å². The molecule has 0 aliphatic carbocycles. The summed E-state index contributed by atoms with van der Waals surface area (Å²) < 4.78 is 0. The van der Waals surface area contributed by atoms with Crippen molar-refractivity contribution in [1.82, 2.24) is 15.0 Å². The third-order valence-electron chi connectivity index (χ3n) is 9.49. The average molecular weight is 664 g/mol. The molecule has 0 aliphatic rings. The van der Waals surface area contributed by atoms with Crippen LogP contribution in [0.2, 0.25) is 0 Å². The van der Waals surface area contributed by atoms with E-state index < -0.39 is 0 Å². The first kappa shape index (κ1) is 31.0. The Bertz CT molecular complexity index is 2620. The zero-order chi connectivity index (χ0) is 34.7. The predicted octanol–water partition coefficient (Wildman–Crippen LogP) is 12.7. The highest BCUT2D eigenvalue weighted by Crippen LogP contribution is 2.34. The van der Waals surface area contributed by atoms with Crippen molar-refractivity contribution in [1.29, 1.82) is 0 Å². The van der Waals surface area contributed by atoms with Gasteiger partial charge in [-0.05, 0) is 85.6 Å². The van der Waals surface area contributed by atoms with Crippen molar-refractivity contribution < 1.29 is 0 Å². The van der Waals surface area contributed by atoms with Gasteiger partial charge in [-0.3, -0.25) is 0 Å². The van der Waals surface area contributed by atoms with Crippen molar-refractivity contribution in [2.45, 2.75) is 0 Å². The molecule has 0 amide bonds. The highest BCUT2D eigenvalue weighted by molar-refractivity contribution is 5.88.